The Kier molecular flexibility index (Phi) is 12.3. The third-order valence-electron chi connectivity index (χ3n) is 5.11. The summed E-state index contributed by atoms with van der Waals surface area (Å²) in [6.45, 7) is 5.79. The second kappa shape index (κ2) is 14.0. The highest BCUT2D eigenvalue weighted by Crippen LogP contribution is 2.32. The van der Waals surface area contributed by atoms with Crippen molar-refractivity contribution in [1.29, 1.82) is 0 Å². The van der Waals surface area contributed by atoms with Crippen LogP contribution in [0.3, 0.4) is 0 Å². The summed E-state index contributed by atoms with van der Waals surface area (Å²) in [5.41, 5.74) is 0. The Hall–Kier alpha value is -1.14. The number of hydrogen-bond donors (Lipinski definition) is 1. The topological polar surface area (TPSA) is 76.1 Å². The summed E-state index contributed by atoms with van der Waals surface area (Å²) in [6.07, 6.45) is 8.14. The van der Waals surface area contributed by atoms with Gasteiger partial charge in [0.1, 0.15) is 0 Å². The van der Waals surface area contributed by atoms with E-state index in [2.05, 4.69) is 6.92 Å². The normalized spacial score (nSPS) is 20.0. The van der Waals surface area contributed by atoms with Crippen LogP contribution >= 0.6 is 0 Å². The Labute approximate surface area is 158 Å². The fraction of sp³-hybridized carbons (Fsp3) is 0.900. The lowest BCUT2D eigenvalue weighted by atomic mass is 9.79. The van der Waals surface area contributed by atoms with E-state index in [4.69, 9.17) is 14.6 Å². The van der Waals surface area contributed by atoms with Gasteiger partial charge in [-0.15, -0.1) is 0 Å². The molecular weight excluding hydrogens is 334 g/mol. The number of ether oxygens (including phenoxy) is 2. The van der Waals surface area contributed by atoms with Crippen molar-refractivity contribution in [2.24, 2.45) is 11.8 Å². The lowest BCUT2D eigenvalue weighted by Crippen LogP contribution is -2.41. The van der Waals surface area contributed by atoms with Crippen molar-refractivity contribution in [3.63, 3.8) is 0 Å². The van der Waals surface area contributed by atoms with Gasteiger partial charge >= 0.3 is 5.97 Å². The number of carbonyl (C=O) groups is 2. The predicted molar refractivity (Wildman–Crippen MR) is 101 cm³/mol. The fourth-order valence-electron chi connectivity index (χ4n) is 3.58. The first-order valence-electron chi connectivity index (χ1n) is 10.2. The van der Waals surface area contributed by atoms with Crippen molar-refractivity contribution in [2.45, 2.75) is 65.2 Å². The maximum absolute atomic E-state index is 12.9. The number of amides is 1. The van der Waals surface area contributed by atoms with E-state index in [1.54, 1.807) is 11.8 Å². The molecular formula is C20H37NO5. The SMILES string of the molecule is CCCCC1CCC(C(=O)N(CCOCCO)CCC(=O)OCC)CC1. The molecule has 1 aliphatic rings. The number of nitrogens with zero attached hydrogens (tertiary/aromatic N) is 1. The fourth-order valence-corrected chi connectivity index (χ4v) is 3.58. The molecule has 1 fully saturated rings. The van der Waals surface area contributed by atoms with Gasteiger partial charge in [0.25, 0.3) is 0 Å². The molecule has 1 rings (SSSR count). The molecule has 0 aromatic carbocycles. The van der Waals surface area contributed by atoms with Gasteiger partial charge in [0.2, 0.25) is 5.91 Å². The Morgan fingerprint density at radius 1 is 1.08 bits per heavy atom. The standard InChI is InChI=1S/C20H37NO5/c1-3-5-6-17-7-9-18(10-8-17)20(24)21(13-15-25-16-14-22)12-11-19(23)26-4-2/h17-18,22H,3-16H2,1-2H3. The molecule has 0 spiro atoms. The highest BCUT2D eigenvalue weighted by atomic mass is 16.5. The average molecular weight is 372 g/mol. The van der Waals surface area contributed by atoms with Gasteiger partial charge in [-0.3, -0.25) is 9.59 Å². The van der Waals surface area contributed by atoms with Crippen molar-refractivity contribution >= 4 is 11.9 Å². The Bertz CT molecular complexity index is 394. The van der Waals surface area contributed by atoms with E-state index in [0.717, 1.165) is 31.6 Å². The summed E-state index contributed by atoms with van der Waals surface area (Å²) < 4.78 is 10.3. The zero-order chi connectivity index (χ0) is 19.2. The zero-order valence-electron chi connectivity index (χ0n) is 16.6. The first-order chi connectivity index (χ1) is 12.6. The highest BCUT2D eigenvalue weighted by molar-refractivity contribution is 5.79. The molecule has 0 atom stereocenters. The quantitative estimate of drug-likeness (QED) is 0.398. The van der Waals surface area contributed by atoms with Crippen LogP contribution in [0.15, 0.2) is 0 Å². The number of aliphatic hydroxyl groups excluding tert-OH is 1. The lowest BCUT2D eigenvalue weighted by molar-refractivity contribution is -0.145. The molecule has 0 aliphatic heterocycles. The predicted octanol–water partition coefficient (Wildman–Crippen LogP) is 2.77. The van der Waals surface area contributed by atoms with Crippen LogP contribution < -0.4 is 0 Å². The number of aliphatic hydroxyl groups is 1. The van der Waals surface area contributed by atoms with Crippen LogP contribution in [-0.4, -0.2) is 61.4 Å². The highest BCUT2D eigenvalue weighted by Gasteiger charge is 2.29. The van der Waals surface area contributed by atoms with Crippen molar-refractivity contribution in [1.82, 2.24) is 4.90 Å². The summed E-state index contributed by atoms with van der Waals surface area (Å²) in [5.74, 6) is 0.688. The number of unbranched alkanes of at least 4 members (excludes halogenated alkanes) is 1. The summed E-state index contributed by atoms with van der Waals surface area (Å²) in [6, 6.07) is 0. The molecule has 0 aromatic rings. The summed E-state index contributed by atoms with van der Waals surface area (Å²) in [7, 11) is 0. The zero-order valence-corrected chi connectivity index (χ0v) is 16.6. The van der Waals surface area contributed by atoms with Gasteiger partial charge in [-0.25, -0.2) is 0 Å². The van der Waals surface area contributed by atoms with Gasteiger partial charge in [0.15, 0.2) is 0 Å². The molecule has 152 valence electrons. The second-order valence-electron chi connectivity index (χ2n) is 7.08. The Morgan fingerprint density at radius 3 is 2.42 bits per heavy atom. The molecule has 0 bridgehead atoms. The Morgan fingerprint density at radius 2 is 1.81 bits per heavy atom. The van der Waals surface area contributed by atoms with Crippen LogP contribution in [0.2, 0.25) is 0 Å². The van der Waals surface area contributed by atoms with Crippen molar-refractivity contribution in [3.05, 3.63) is 0 Å². The van der Waals surface area contributed by atoms with Gasteiger partial charge < -0.3 is 19.5 Å². The molecule has 6 nitrogen and oxygen atoms in total. The third kappa shape index (κ3) is 8.99. The van der Waals surface area contributed by atoms with Gasteiger partial charge in [-0.05, 0) is 38.5 Å². The summed E-state index contributed by atoms with van der Waals surface area (Å²) in [4.78, 5) is 26.3. The molecule has 0 aromatic heterocycles. The van der Waals surface area contributed by atoms with Crippen LogP contribution in [0.1, 0.15) is 65.2 Å². The van der Waals surface area contributed by atoms with E-state index in [-0.39, 0.29) is 37.4 Å². The van der Waals surface area contributed by atoms with E-state index in [1.165, 1.54) is 19.3 Å². The van der Waals surface area contributed by atoms with Crippen LogP contribution in [0.25, 0.3) is 0 Å². The second-order valence-corrected chi connectivity index (χ2v) is 7.08. The van der Waals surface area contributed by atoms with E-state index < -0.39 is 0 Å². The van der Waals surface area contributed by atoms with E-state index in [0.29, 0.717) is 26.3 Å². The van der Waals surface area contributed by atoms with Gasteiger partial charge in [-0.2, -0.15) is 0 Å². The smallest absolute Gasteiger partial charge is 0.307 e. The average Bonchev–Trinajstić information content (AvgIpc) is 2.66. The number of hydrogen-bond acceptors (Lipinski definition) is 5. The van der Waals surface area contributed by atoms with Crippen LogP contribution in [0.4, 0.5) is 0 Å². The minimum Gasteiger partial charge on any atom is -0.466 e. The van der Waals surface area contributed by atoms with Crippen molar-refractivity contribution in [2.75, 3.05) is 39.5 Å². The molecule has 1 aliphatic carbocycles. The molecule has 0 unspecified atom stereocenters. The number of esters is 1. The minimum atomic E-state index is -0.273. The van der Waals surface area contributed by atoms with E-state index >= 15 is 0 Å². The van der Waals surface area contributed by atoms with Crippen LogP contribution in [-0.2, 0) is 19.1 Å². The van der Waals surface area contributed by atoms with E-state index in [1.807, 2.05) is 0 Å². The van der Waals surface area contributed by atoms with Crippen LogP contribution in [0.5, 0.6) is 0 Å². The minimum absolute atomic E-state index is 0.0292. The molecule has 1 N–H and O–H groups in total. The van der Waals surface area contributed by atoms with Crippen LogP contribution in [0, 0.1) is 11.8 Å². The number of carbonyl (C=O) groups excluding carboxylic acids is 2. The monoisotopic (exact) mass is 371 g/mol. The number of rotatable bonds is 13. The van der Waals surface area contributed by atoms with Crippen molar-refractivity contribution < 1.29 is 24.2 Å². The first-order valence-corrected chi connectivity index (χ1v) is 10.2. The summed E-state index contributed by atoms with van der Waals surface area (Å²) >= 11 is 0. The van der Waals surface area contributed by atoms with Gasteiger partial charge in [0.05, 0.1) is 32.8 Å². The molecule has 1 saturated carbocycles. The maximum Gasteiger partial charge on any atom is 0.307 e. The lowest BCUT2D eigenvalue weighted by Gasteiger charge is -2.32. The van der Waals surface area contributed by atoms with E-state index in [9.17, 15) is 9.59 Å². The summed E-state index contributed by atoms with van der Waals surface area (Å²) in [5, 5.41) is 8.80. The molecule has 6 heteroatoms. The molecule has 0 radical (unpaired) electrons. The molecule has 0 saturated heterocycles. The van der Waals surface area contributed by atoms with Crippen molar-refractivity contribution in [3.8, 4) is 0 Å². The van der Waals surface area contributed by atoms with Gasteiger partial charge in [0, 0.05) is 19.0 Å². The third-order valence-corrected chi connectivity index (χ3v) is 5.11. The maximum atomic E-state index is 12.9. The van der Waals surface area contributed by atoms with Gasteiger partial charge in [-0.1, -0.05) is 26.2 Å². The molecule has 0 heterocycles. The Balaban J connectivity index is 2.49. The molecule has 26 heavy (non-hydrogen) atoms. The largest absolute Gasteiger partial charge is 0.466 e. The molecule has 1 amide bonds. The first kappa shape index (κ1) is 22.9.